The number of aliphatic hydroxyl groups excluding tert-OH is 1. The van der Waals surface area contributed by atoms with E-state index in [4.69, 9.17) is 23.9 Å². The van der Waals surface area contributed by atoms with Crippen molar-refractivity contribution in [3.05, 3.63) is 60.3 Å². The summed E-state index contributed by atoms with van der Waals surface area (Å²) < 4.78 is 1.17. The summed E-state index contributed by atoms with van der Waals surface area (Å²) in [5, 5.41) is 28.6. The van der Waals surface area contributed by atoms with Gasteiger partial charge in [-0.25, -0.2) is 4.85 Å². The van der Waals surface area contributed by atoms with Crippen molar-refractivity contribution < 1.29 is 29.7 Å². The van der Waals surface area contributed by atoms with E-state index >= 15 is 0 Å². The topological polar surface area (TPSA) is 145 Å². The molecular formula is C22H16N4O7S4. The van der Waals surface area contributed by atoms with Gasteiger partial charge in [0.1, 0.15) is 27.0 Å². The molecule has 11 nitrogen and oxygen atoms in total. The first-order valence-electron chi connectivity index (χ1n) is 10.4. The quantitative estimate of drug-likeness (QED) is 0.318. The molecule has 37 heavy (non-hydrogen) atoms. The molecule has 3 N–H and O–H groups in total. The molecule has 2 aliphatic rings. The van der Waals surface area contributed by atoms with Crippen molar-refractivity contribution in [3.63, 3.8) is 0 Å². The lowest BCUT2D eigenvalue weighted by atomic mass is 10.2. The number of thiazole rings is 1. The number of carboxylic acids is 2. The minimum absolute atomic E-state index is 0.00341. The zero-order valence-electron chi connectivity index (χ0n) is 18.6. The number of amides is 1. The van der Waals surface area contributed by atoms with Crippen molar-refractivity contribution in [1.82, 2.24) is 9.47 Å². The van der Waals surface area contributed by atoms with E-state index < -0.39 is 36.5 Å². The Hall–Kier alpha value is -3.42. The highest BCUT2D eigenvalue weighted by Crippen LogP contribution is 2.47. The molecule has 0 spiro atoms. The number of anilines is 1. The first-order chi connectivity index (χ1) is 17.6. The van der Waals surface area contributed by atoms with Crippen LogP contribution in [0.25, 0.3) is 15.8 Å². The Bertz CT molecular complexity index is 1600. The monoisotopic (exact) mass is 576 g/mol. The summed E-state index contributed by atoms with van der Waals surface area (Å²) in [5.41, 5.74) is 0.558. The Labute approximate surface area is 226 Å². The van der Waals surface area contributed by atoms with Crippen LogP contribution in [-0.2, 0) is 20.9 Å². The second kappa shape index (κ2) is 10.9. The lowest BCUT2D eigenvalue weighted by molar-refractivity contribution is -0.140. The Kier molecular flexibility index (Phi) is 7.85. The van der Waals surface area contributed by atoms with Crippen molar-refractivity contribution in [2.45, 2.75) is 11.4 Å². The molecule has 15 heteroatoms. The number of hydrogen-bond acceptors (Lipinski definition) is 10. The number of hydrogen-bond donors (Lipinski definition) is 3. The minimum Gasteiger partial charge on any atom is -0.480 e. The molecule has 4 rings (SSSR count). The molecule has 2 aromatic rings. The fraction of sp³-hybridized carbons (Fsp3) is 0.182. The average molecular weight is 577 g/mol. The fourth-order valence-electron chi connectivity index (χ4n) is 3.54. The van der Waals surface area contributed by atoms with E-state index in [2.05, 4.69) is 4.85 Å². The van der Waals surface area contributed by atoms with Crippen LogP contribution in [0.15, 0.2) is 39.0 Å². The number of fused-ring (bicyclic) bond motifs is 1. The number of carboxylic acid groups (broad SMARTS) is 2. The number of benzene rings is 1. The average Bonchev–Trinajstić information content (AvgIpc) is 3.44. The van der Waals surface area contributed by atoms with Crippen molar-refractivity contribution in [1.29, 1.82) is 0 Å². The third kappa shape index (κ3) is 5.33. The van der Waals surface area contributed by atoms with Crippen LogP contribution in [0.3, 0.4) is 0 Å². The molecule has 0 saturated carbocycles. The lowest BCUT2D eigenvalue weighted by Gasteiger charge is -2.19. The number of carbonyl (C=O) groups excluding carboxylic acids is 1. The number of β-amino-alcohol motifs (C(OH)–C–C–N with tert-alkyl or cyclic N) is 1. The summed E-state index contributed by atoms with van der Waals surface area (Å²) in [5.74, 6) is -3.27. The lowest BCUT2D eigenvalue weighted by Crippen LogP contribution is -2.36. The van der Waals surface area contributed by atoms with Gasteiger partial charge in [0.2, 0.25) is 0 Å². The van der Waals surface area contributed by atoms with Crippen LogP contribution in [0.1, 0.15) is 0 Å². The van der Waals surface area contributed by atoms with Crippen LogP contribution >= 0.6 is 47.1 Å². The predicted molar refractivity (Wildman–Crippen MR) is 144 cm³/mol. The number of allylic oxidation sites excluding steroid dienone is 1. The summed E-state index contributed by atoms with van der Waals surface area (Å²) in [6, 6.07) is 5.19. The van der Waals surface area contributed by atoms with Crippen LogP contribution in [0.2, 0.25) is 0 Å². The summed E-state index contributed by atoms with van der Waals surface area (Å²) in [7, 11) is 0. The van der Waals surface area contributed by atoms with Gasteiger partial charge in [0.05, 0.1) is 22.7 Å². The third-order valence-electron chi connectivity index (χ3n) is 5.08. The number of aliphatic hydroxyl groups is 1. The van der Waals surface area contributed by atoms with Gasteiger partial charge in [-0.1, -0.05) is 47.9 Å². The summed E-state index contributed by atoms with van der Waals surface area (Å²) in [6.45, 7) is 5.98. The van der Waals surface area contributed by atoms with E-state index in [1.54, 1.807) is 24.3 Å². The van der Waals surface area contributed by atoms with Crippen LogP contribution in [-0.4, -0.2) is 66.6 Å². The maximum absolute atomic E-state index is 13.1. The van der Waals surface area contributed by atoms with E-state index in [-0.39, 0.29) is 31.6 Å². The van der Waals surface area contributed by atoms with Crippen molar-refractivity contribution in [2.75, 3.05) is 24.6 Å². The molecule has 190 valence electrons. The summed E-state index contributed by atoms with van der Waals surface area (Å²) >= 11 is 8.21. The van der Waals surface area contributed by atoms with Crippen molar-refractivity contribution in [3.8, 4) is 0 Å². The fourth-order valence-corrected chi connectivity index (χ4v) is 7.07. The maximum Gasteiger partial charge on any atom is 0.323 e. The van der Waals surface area contributed by atoms with Gasteiger partial charge >= 0.3 is 11.9 Å². The second-order valence-electron chi connectivity index (χ2n) is 7.45. The van der Waals surface area contributed by atoms with E-state index in [1.165, 1.54) is 17.8 Å². The number of thiocarbonyl (C=S) groups is 1. The van der Waals surface area contributed by atoms with Crippen molar-refractivity contribution in [2.24, 2.45) is 0 Å². The highest BCUT2D eigenvalue weighted by atomic mass is 32.2. The molecule has 0 bridgehead atoms. The molecule has 1 aromatic heterocycles. The standard InChI is InChI=1S/C22H16N4O7S4/c1-23-11-2-3-13-12(8-11)24(6-7-27)15(35-13)5-4-14-19(32)25(9-16(28)29)21(36-14)18-20(33)26(10-17(30)31)22(34)37-18/h2-5,8,27H,6-7,9-10H2,(H,28,29)(H,30,31). The van der Waals surface area contributed by atoms with E-state index in [0.717, 1.165) is 43.1 Å². The number of carbonyl (C=O) groups is 3. The third-order valence-corrected chi connectivity index (χ3v) is 8.93. The smallest absolute Gasteiger partial charge is 0.323 e. The largest absolute Gasteiger partial charge is 0.480 e. The molecule has 0 aliphatic carbocycles. The summed E-state index contributed by atoms with van der Waals surface area (Å²) in [4.78, 5) is 55.5. The van der Waals surface area contributed by atoms with Gasteiger partial charge in [-0.3, -0.25) is 28.6 Å². The van der Waals surface area contributed by atoms with Gasteiger partial charge in [-0.15, -0.1) is 11.3 Å². The Morgan fingerprint density at radius 1 is 1.08 bits per heavy atom. The van der Waals surface area contributed by atoms with Gasteiger partial charge in [0, 0.05) is 17.1 Å². The number of aliphatic carboxylic acids is 2. The number of nitrogens with zero attached hydrogens (tertiary/aromatic N) is 4. The first kappa shape index (κ1) is 26.6. The van der Waals surface area contributed by atoms with Gasteiger partial charge in [-0.2, -0.15) is 0 Å². The zero-order chi connectivity index (χ0) is 26.9. The minimum atomic E-state index is -1.29. The molecule has 1 fully saturated rings. The van der Waals surface area contributed by atoms with Gasteiger partial charge in [0.15, 0.2) is 5.69 Å². The van der Waals surface area contributed by atoms with Crippen molar-refractivity contribution >= 4 is 91.6 Å². The molecular weight excluding hydrogens is 561 g/mol. The molecule has 0 radical (unpaired) electrons. The van der Waals surface area contributed by atoms with E-state index in [1.807, 2.05) is 4.90 Å². The van der Waals surface area contributed by atoms with Gasteiger partial charge < -0.3 is 20.2 Å². The Balaban J connectivity index is 1.83. The first-order valence-corrected chi connectivity index (χ1v) is 13.2. The van der Waals surface area contributed by atoms with Gasteiger partial charge in [0.25, 0.3) is 11.5 Å². The normalized spacial score (nSPS) is 18.1. The Morgan fingerprint density at radius 2 is 1.81 bits per heavy atom. The molecule has 2 aliphatic heterocycles. The predicted octanol–water partition coefficient (Wildman–Crippen LogP) is 0.825. The number of aromatic nitrogens is 1. The van der Waals surface area contributed by atoms with Crippen LogP contribution in [0.4, 0.5) is 11.4 Å². The summed E-state index contributed by atoms with van der Waals surface area (Å²) in [6.07, 6.45) is 3.15. The zero-order valence-corrected chi connectivity index (χ0v) is 21.9. The molecule has 1 saturated heterocycles. The Morgan fingerprint density at radius 3 is 2.46 bits per heavy atom. The molecule has 0 unspecified atom stereocenters. The van der Waals surface area contributed by atoms with E-state index in [9.17, 15) is 29.4 Å². The second-order valence-corrected chi connectivity index (χ2v) is 11.2. The molecule has 0 atom stereocenters. The van der Waals surface area contributed by atoms with E-state index in [0.29, 0.717) is 10.7 Å². The SMILES string of the molecule is [C-]#[N+]c1ccc2c(c1)N(CCO)C(=CC=c1sc(=C3SC(=S)N(CC(=O)O)C3=O)n(CC(=O)O)c1=O)S2. The molecule has 3 heterocycles. The number of thioether (sulfide) groups is 2. The highest BCUT2D eigenvalue weighted by molar-refractivity contribution is 8.30. The van der Waals surface area contributed by atoms with Crippen LogP contribution in [0.5, 0.6) is 0 Å². The molecule has 1 amide bonds. The van der Waals surface area contributed by atoms with Crippen LogP contribution < -0.4 is 19.7 Å². The van der Waals surface area contributed by atoms with Gasteiger partial charge in [-0.05, 0) is 18.2 Å². The van der Waals surface area contributed by atoms with Crippen LogP contribution in [0, 0.1) is 6.57 Å². The number of rotatable bonds is 7. The maximum atomic E-state index is 13.1. The highest BCUT2D eigenvalue weighted by Gasteiger charge is 2.35. The molecule has 1 aromatic carbocycles.